The van der Waals surface area contributed by atoms with Crippen LogP contribution < -0.4 is 11.1 Å². The molecule has 5 nitrogen and oxygen atoms in total. The highest BCUT2D eigenvalue weighted by Crippen LogP contribution is 2.31. The van der Waals surface area contributed by atoms with Crippen molar-refractivity contribution in [2.24, 2.45) is 5.92 Å². The first-order chi connectivity index (χ1) is 8.10. The number of hydrogen-bond acceptors (Lipinski definition) is 5. The predicted molar refractivity (Wildman–Crippen MR) is 66.8 cm³/mol. The van der Waals surface area contributed by atoms with Crippen molar-refractivity contribution >= 4 is 22.4 Å². The van der Waals surface area contributed by atoms with Crippen LogP contribution in [0.2, 0.25) is 0 Å². The smallest absolute Gasteiger partial charge is 0.271 e. The van der Waals surface area contributed by atoms with Crippen molar-refractivity contribution in [3.05, 3.63) is 11.1 Å². The third-order valence-electron chi connectivity index (χ3n) is 3.23. The van der Waals surface area contributed by atoms with Gasteiger partial charge in [-0.2, -0.15) is 0 Å². The minimum atomic E-state index is -0.194. The summed E-state index contributed by atoms with van der Waals surface area (Å²) in [5.74, 6) is 0.209. The number of nitrogens with two attached hydrogens (primary N) is 1. The van der Waals surface area contributed by atoms with Crippen LogP contribution >= 0.6 is 11.3 Å². The zero-order valence-corrected chi connectivity index (χ0v) is 10.5. The summed E-state index contributed by atoms with van der Waals surface area (Å²) in [6, 6.07) is 0.119. The second kappa shape index (κ2) is 5.01. The summed E-state index contributed by atoms with van der Waals surface area (Å²) in [6.45, 7) is 2.03. The number of nitrogens with one attached hydrogen (secondary N) is 1. The number of aliphatic hydroxyl groups is 1. The summed E-state index contributed by atoms with van der Waals surface area (Å²) in [6.07, 6.45) is 2.22. The topological polar surface area (TPSA) is 88.2 Å². The van der Waals surface area contributed by atoms with Gasteiger partial charge in [0.25, 0.3) is 5.91 Å². The second-order valence-corrected chi connectivity index (χ2v) is 5.33. The molecule has 1 amide bonds. The lowest BCUT2D eigenvalue weighted by Crippen LogP contribution is -2.46. The predicted octanol–water partition coefficient (Wildman–Crippen LogP) is 1.00. The lowest BCUT2D eigenvalue weighted by atomic mass is 9.76. The van der Waals surface area contributed by atoms with Crippen molar-refractivity contribution in [2.45, 2.75) is 38.3 Å². The highest BCUT2D eigenvalue weighted by molar-refractivity contribution is 7.13. The maximum absolute atomic E-state index is 11.9. The molecule has 2 rings (SSSR count). The first-order valence-electron chi connectivity index (χ1n) is 5.80. The van der Waals surface area contributed by atoms with E-state index in [1.807, 2.05) is 6.92 Å². The number of hydrogen-bond donors (Lipinski definition) is 3. The Morgan fingerprint density at radius 1 is 1.76 bits per heavy atom. The molecule has 1 atom stereocenters. The number of nitrogens with zero attached hydrogens (tertiary/aromatic N) is 1. The maximum Gasteiger partial charge on any atom is 0.271 e. The van der Waals surface area contributed by atoms with E-state index in [-0.39, 0.29) is 18.1 Å². The SMILES string of the molecule is CC[C@@H](NC(=O)c1csc(N)n1)C1CC(O)C1. The fraction of sp³-hybridized carbons (Fsp3) is 0.636. The van der Waals surface area contributed by atoms with Crippen LogP contribution in [0.1, 0.15) is 36.7 Å². The molecule has 0 spiro atoms. The zero-order chi connectivity index (χ0) is 12.4. The number of nitrogen functional groups attached to an aromatic ring is 1. The molecule has 1 aromatic rings. The molecule has 1 aliphatic carbocycles. The molecule has 1 saturated carbocycles. The summed E-state index contributed by atoms with van der Waals surface area (Å²) in [5, 5.41) is 14.3. The number of thiazole rings is 1. The molecule has 1 fully saturated rings. The van der Waals surface area contributed by atoms with Crippen molar-refractivity contribution in [2.75, 3.05) is 5.73 Å². The quantitative estimate of drug-likeness (QED) is 0.749. The Kier molecular flexibility index (Phi) is 3.63. The standard InChI is InChI=1S/C11H17N3O2S/c1-2-8(6-3-7(15)4-6)13-10(16)9-5-17-11(12)14-9/h5-8,15H,2-4H2,1H3,(H2,12,14)(H,13,16)/t6?,7?,8-/m1/s1. The molecule has 0 bridgehead atoms. The van der Waals surface area contributed by atoms with E-state index < -0.39 is 0 Å². The minimum Gasteiger partial charge on any atom is -0.393 e. The molecule has 6 heteroatoms. The molecule has 0 aliphatic heterocycles. The fourth-order valence-corrected chi connectivity index (χ4v) is 2.69. The van der Waals surface area contributed by atoms with Gasteiger partial charge in [0.05, 0.1) is 6.10 Å². The number of aromatic nitrogens is 1. The lowest BCUT2D eigenvalue weighted by molar-refractivity contribution is 0.0232. The first kappa shape index (κ1) is 12.3. The average molecular weight is 255 g/mol. The van der Waals surface area contributed by atoms with E-state index in [1.165, 1.54) is 11.3 Å². The number of carbonyl (C=O) groups is 1. The molecular weight excluding hydrogens is 238 g/mol. The summed E-state index contributed by atoms with van der Waals surface area (Å²) in [7, 11) is 0. The molecule has 1 heterocycles. The molecule has 94 valence electrons. The summed E-state index contributed by atoms with van der Waals surface area (Å²) in [5.41, 5.74) is 5.87. The molecule has 1 aliphatic rings. The van der Waals surface area contributed by atoms with Crippen molar-refractivity contribution in [1.29, 1.82) is 0 Å². The van der Waals surface area contributed by atoms with Crippen LogP contribution in [0.3, 0.4) is 0 Å². The third-order valence-corrected chi connectivity index (χ3v) is 3.90. The Morgan fingerprint density at radius 2 is 2.47 bits per heavy atom. The van der Waals surface area contributed by atoms with Crippen LogP contribution in [-0.4, -0.2) is 28.1 Å². The van der Waals surface area contributed by atoms with Gasteiger partial charge < -0.3 is 16.2 Å². The number of anilines is 1. The number of amides is 1. The van der Waals surface area contributed by atoms with E-state index >= 15 is 0 Å². The lowest BCUT2D eigenvalue weighted by Gasteiger charge is -2.37. The monoisotopic (exact) mass is 255 g/mol. The Balaban J connectivity index is 1.92. The molecule has 0 aromatic carbocycles. The van der Waals surface area contributed by atoms with Gasteiger partial charge in [-0.1, -0.05) is 6.92 Å². The van der Waals surface area contributed by atoms with Crippen LogP contribution in [0.5, 0.6) is 0 Å². The molecule has 0 unspecified atom stereocenters. The van der Waals surface area contributed by atoms with Crippen molar-refractivity contribution in [3.63, 3.8) is 0 Å². The van der Waals surface area contributed by atoms with Gasteiger partial charge in [-0.3, -0.25) is 4.79 Å². The molecule has 17 heavy (non-hydrogen) atoms. The van der Waals surface area contributed by atoms with Gasteiger partial charge in [0.15, 0.2) is 5.13 Å². The molecule has 0 radical (unpaired) electrons. The Bertz CT molecular complexity index is 401. The molecule has 1 aromatic heterocycles. The van der Waals surface area contributed by atoms with E-state index in [2.05, 4.69) is 10.3 Å². The normalized spacial score (nSPS) is 25.1. The van der Waals surface area contributed by atoms with Crippen LogP contribution in [0.15, 0.2) is 5.38 Å². The van der Waals surface area contributed by atoms with Crippen LogP contribution in [0.25, 0.3) is 0 Å². The van der Waals surface area contributed by atoms with E-state index in [0.717, 1.165) is 19.3 Å². The van der Waals surface area contributed by atoms with Gasteiger partial charge in [0, 0.05) is 11.4 Å². The van der Waals surface area contributed by atoms with E-state index in [0.29, 0.717) is 16.7 Å². The van der Waals surface area contributed by atoms with E-state index in [9.17, 15) is 9.90 Å². The summed E-state index contributed by atoms with van der Waals surface area (Å²) < 4.78 is 0. The number of carbonyl (C=O) groups excluding carboxylic acids is 1. The van der Waals surface area contributed by atoms with Gasteiger partial charge >= 0.3 is 0 Å². The van der Waals surface area contributed by atoms with Gasteiger partial charge in [0.1, 0.15) is 5.69 Å². The molecular formula is C11H17N3O2S. The Labute approximate surface area is 104 Å². The van der Waals surface area contributed by atoms with Crippen LogP contribution in [-0.2, 0) is 0 Å². The fourth-order valence-electron chi connectivity index (χ4n) is 2.15. The van der Waals surface area contributed by atoms with Crippen molar-refractivity contribution in [3.8, 4) is 0 Å². The van der Waals surface area contributed by atoms with Crippen molar-refractivity contribution < 1.29 is 9.90 Å². The summed E-state index contributed by atoms with van der Waals surface area (Å²) >= 11 is 1.26. The molecule has 0 saturated heterocycles. The van der Waals surface area contributed by atoms with Gasteiger partial charge in [0.2, 0.25) is 0 Å². The largest absolute Gasteiger partial charge is 0.393 e. The third kappa shape index (κ3) is 2.76. The zero-order valence-electron chi connectivity index (χ0n) is 9.72. The minimum absolute atomic E-state index is 0.119. The highest BCUT2D eigenvalue weighted by Gasteiger charge is 2.34. The average Bonchev–Trinajstić information content (AvgIpc) is 2.68. The van der Waals surface area contributed by atoms with E-state index in [4.69, 9.17) is 5.73 Å². The Morgan fingerprint density at radius 3 is 2.94 bits per heavy atom. The van der Waals surface area contributed by atoms with E-state index in [1.54, 1.807) is 5.38 Å². The van der Waals surface area contributed by atoms with Crippen molar-refractivity contribution in [1.82, 2.24) is 10.3 Å². The van der Waals surface area contributed by atoms with Gasteiger partial charge in [-0.05, 0) is 25.2 Å². The first-order valence-corrected chi connectivity index (χ1v) is 6.68. The summed E-state index contributed by atoms with van der Waals surface area (Å²) in [4.78, 5) is 15.8. The van der Waals surface area contributed by atoms with Crippen LogP contribution in [0, 0.1) is 5.92 Å². The van der Waals surface area contributed by atoms with Crippen LogP contribution in [0.4, 0.5) is 5.13 Å². The molecule has 4 N–H and O–H groups in total. The highest BCUT2D eigenvalue weighted by atomic mass is 32.1. The Hall–Kier alpha value is -1.14. The number of aliphatic hydroxyl groups excluding tert-OH is 1. The second-order valence-electron chi connectivity index (χ2n) is 4.44. The van der Waals surface area contributed by atoms with Gasteiger partial charge in [-0.15, -0.1) is 11.3 Å². The van der Waals surface area contributed by atoms with Gasteiger partial charge in [-0.25, -0.2) is 4.98 Å². The maximum atomic E-state index is 11.9. The number of rotatable bonds is 4.